The topological polar surface area (TPSA) is 60.5 Å². The molecule has 3 aromatic rings. The van der Waals surface area contributed by atoms with Crippen LogP contribution in [0.25, 0.3) is 11.3 Å². The average Bonchev–Trinajstić information content (AvgIpc) is 3.28. The first-order chi connectivity index (χ1) is 17.9. The van der Waals surface area contributed by atoms with Crippen molar-refractivity contribution in [3.05, 3.63) is 53.3 Å². The molecular formula is C27H31F3N6O. The summed E-state index contributed by atoms with van der Waals surface area (Å²) in [5, 5.41) is 0. The molecule has 3 aliphatic heterocycles. The lowest BCUT2D eigenvalue weighted by Crippen LogP contribution is -2.52. The predicted molar refractivity (Wildman–Crippen MR) is 137 cm³/mol. The summed E-state index contributed by atoms with van der Waals surface area (Å²) in [5.74, 6) is 1.48. The minimum atomic E-state index is -4.39. The van der Waals surface area contributed by atoms with Crippen molar-refractivity contribution in [1.82, 2.24) is 15.0 Å². The molecule has 2 fully saturated rings. The number of pyridine rings is 1. The third-order valence-electron chi connectivity index (χ3n) is 7.60. The van der Waals surface area contributed by atoms with Crippen LogP contribution in [0, 0.1) is 6.92 Å². The number of hydrogen-bond donors (Lipinski definition) is 1. The number of nitrogens with zero attached hydrogens (tertiary/aromatic N) is 5. The van der Waals surface area contributed by atoms with Crippen LogP contribution in [0.3, 0.4) is 0 Å². The summed E-state index contributed by atoms with van der Waals surface area (Å²) < 4.78 is 44.9. The van der Waals surface area contributed by atoms with Gasteiger partial charge in [-0.2, -0.15) is 13.2 Å². The van der Waals surface area contributed by atoms with E-state index in [0.29, 0.717) is 19.0 Å². The van der Waals surface area contributed by atoms with E-state index in [0.717, 1.165) is 98.3 Å². The number of rotatable bonds is 3. The first-order valence-electron chi connectivity index (χ1n) is 13.0. The number of piperidine rings is 1. The van der Waals surface area contributed by atoms with Gasteiger partial charge in [0.25, 0.3) is 0 Å². The highest BCUT2D eigenvalue weighted by atomic mass is 19.4. The third kappa shape index (κ3) is 4.63. The second-order valence-electron chi connectivity index (χ2n) is 10.0. The molecule has 196 valence electrons. The zero-order valence-electron chi connectivity index (χ0n) is 20.9. The van der Waals surface area contributed by atoms with Crippen molar-refractivity contribution in [2.75, 3.05) is 54.1 Å². The molecule has 6 rings (SSSR count). The predicted octanol–water partition coefficient (Wildman–Crippen LogP) is 5.01. The molecule has 0 amide bonds. The fourth-order valence-electron chi connectivity index (χ4n) is 5.71. The van der Waals surface area contributed by atoms with Gasteiger partial charge in [-0.1, -0.05) is 11.6 Å². The Morgan fingerprint density at radius 2 is 1.84 bits per heavy atom. The highest BCUT2D eigenvalue weighted by Crippen LogP contribution is 2.40. The summed E-state index contributed by atoms with van der Waals surface area (Å²) in [5.41, 5.74) is 4.74. The SMILES string of the molecule is Cc1ccc2c(c1)-c1nc(N3CCOCC3)[nH]c1CCN2C1CCCCN1c1ccc(C(F)(F)F)cn1. The molecule has 0 bridgehead atoms. The Kier molecular flexibility index (Phi) is 6.22. The molecule has 2 saturated heterocycles. The van der Waals surface area contributed by atoms with E-state index in [1.165, 1.54) is 6.07 Å². The number of aromatic amines is 1. The van der Waals surface area contributed by atoms with Crippen molar-refractivity contribution in [3.8, 4) is 11.3 Å². The number of benzene rings is 1. The molecule has 0 spiro atoms. The smallest absolute Gasteiger partial charge is 0.378 e. The number of halogens is 3. The van der Waals surface area contributed by atoms with Crippen LogP contribution in [0.2, 0.25) is 0 Å². The number of nitrogens with one attached hydrogen (secondary N) is 1. The number of imidazole rings is 1. The lowest BCUT2D eigenvalue weighted by molar-refractivity contribution is -0.137. The van der Waals surface area contributed by atoms with E-state index in [1.807, 2.05) is 0 Å². The van der Waals surface area contributed by atoms with Crippen molar-refractivity contribution in [2.45, 2.75) is 44.9 Å². The number of morpholine rings is 1. The van der Waals surface area contributed by atoms with Gasteiger partial charge in [-0.05, 0) is 50.5 Å². The molecule has 1 unspecified atom stereocenters. The lowest BCUT2D eigenvalue weighted by atomic mass is 10.0. The third-order valence-corrected chi connectivity index (χ3v) is 7.60. The Balaban J connectivity index is 1.35. The zero-order chi connectivity index (χ0) is 25.6. The van der Waals surface area contributed by atoms with Crippen LogP contribution < -0.4 is 14.7 Å². The van der Waals surface area contributed by atoms with Crippen molar-refractivity contribution in [2.24, 2.45) is 0 Å². The summed E-state index contributed by atoms with van der Waals surface area (Å²) >= 11 is 0. The fraction of sp³-hybridized carbons (Fsp3) is 0.481. The summed E-state index contributed by atoms with van der Waals surface area (Å²) in [6.45, 7) is 6.65. The largest absolute Gasteiger partial charge is 0.417 e. The van der Waals surface area contributed by atoms with Crippen molar-refractivity contribution < 1.29 is 17.9 Å². The maximum absolute atomic E-state index is 13.1. The lowest BCUT2D eigenvalue weighted by Gasteiger charge is -2.44. The van der Waals surface area contributed by atoms with Gasteiger partial charge in [0.15, 0.2) is 0 Å². The second-order valence-corrected chi connectivity index (χ2v) is 10.0. The average molecular weight is 513 g/mol. The van der Waals surface area contributed by atoms with E-state index < -0.39 is 11.7 Å². The normalized spacial score (nSPS) is 20.4. The van der Waals surface area contributed by atoms with Crippen LogP contribution in [0.15, 0.2) is 36.5 Å². The first kappa shape index (κ1) is 24.1. The molecule has 0 radical (unpaired) electrons. The van der Waals surface area contributed by atoms with Gasteiger partial charge in [0, 0.05) is 55.7 Å². The van der Waals surface area contributed by atoms with Crippen LogP contribution in [0.1, 0.15) is 36.1 Å². The van der Waals surface area contributed by atoms with Crippen LogP contribution in [0.5, 0.6) is 0 Å². The molecule has 1 atom stereocenters. The Morgan fingerprint density at radius 3 is 2.59 bits per heavy atom. The van der Waals surface area contributed by atoms with Gasteiger partial charge < -0.3 is 24.4 Å². The van der Waals surface area contributed by atoms with E-state index in [4.69, 9.17) is 9.72 Å². The number of ether oxygens (including phenoxy) is 1. The molecule has 1 aromatic carbocycles. The molecule has 10 heteroatoms. The quantitative estimate of drug-likeness (QED) is 0.532. The first-order valence-corrected chi connectivity index (χ1v) is 13.0. The van der Waals surface area contributed by atoms with Gasteiger partial charge in [0.2, 0.25) is 5.95 Å². The van der Waals surface area contributed by atoms with E-state index >= 15 is 0 Å². The summed E-state index contributed by atoms with van der Waals surface area (Å²) in [6, 6.07) is 9.12. The van der Waals surface area contributed by atoms with Crippen LogP contribution in [-0.4, -0.2) is 60.5 Å². The van der Waals surface area contributed by atoms with Crippen molar-refractivity contribution >= 4 is 17.5 Å². The highest BCUT2D eigenvalue weighted by molar-refractivity contribution is 5.81. The number of aromatic nitrogens is 3. The van der Waals surface area contributed by atoms with Crippen molar-refractivity contribution in [1.29, 1.82) is 0 Å². The Morgan fingerprint density at radius 1 is 1.00 bits per heavy atom. The van der Waals surface area contributed by atoms with Gasteiger partial charge >= 0.3 is 6.18 Å². The highest BCUT2D eigenvalue weighted by Gasteiger charge is 2.35. The molecular weight excluding hydrogens is 481 g/mol. The Hall–Kier alpha value is -3.27. The maximum atomic E-state index is 13.1. The summed E-state index contributed by atoms with van der Waals surface area (Å²) in [4.78, 5) is 19.7. The number of anilines is 3. The minimum Gasteiger partial charge on any atom is -0.378 e. The molecule has 2 aromatic heterocycles. The monoisotopic (exact) mass is 512 g/mol. The molecule has 0 saturated carbocycles. The fourth-order valence-corrected chi connectivity index (χ4v) is 5.71. The molecule has 7 nitrogen and oxygen atoms in total. The van der Waals surface area contributed by atoms with Crippen molar-refractivity contribution in [3.63, 3.8) is 0 Å². The van der Waals surface area contributed by atoms with Gasteiger partial charge in [-0.25, -0.2) is 9.97 Å². The molecule has 3 aliphatic rings. The van der Waals surface area contributed by atoms with Crippen LogP contribution in [-0.2, 0) is 17.3 Å². The summed E-state index contributed by atoms with van der Waals surface area (Å²) in [6.07, 6.45) is 0.308. The number of aryl methyl sites for hydroxylation is 1. The molecule has 0 aliphatic carbocycles. The zero-order valence-corrected chi connectivity index (χ0v) is 20.9. The second kappa shape index (κ2) is 9.55. The number of fused-ring (bicyclic) bond motifs is 3. The Labute approximate surface area is 214 Å². The number of H-pyrrole nitrogens is 1. The molecule has 1 N–H and O–H groups in total. The van der Waals surface area contributed by atoms with E-state index in [2.05, 4.69) is 49.8 Å². The van der Waals surface area contributed by atoms with E-state index in [9.17, 15) is 13.2 Å². The molecule has 5 heterocycles. The van der Waals surface area contributed by atoms with Gasteiger partial charge in [0.1, 0.15) is 12.0 Å². The standard InChI is InChI=1S/C27H31F3N6O/c1-18-5-7-22-20(16-18)25-21(32-26(33-25)34-12-14-37-15-13-34)9-11-35(22)24-4-2-3-10-36(24)23-8-6-19(17-31-23)27(28,29)30/h5-8,16-17,24H,2-4,9-15H2,1H3,(H,32,33). The van der Waals surface area contributed by atoms with Gasteiger partial charge in [-0.3, -0.25) is 0 Å². The summed E-state index contributed by atoms with van der Waals surface area (Å²) in [7, 11) is 0. The number of hydrogen-bond acceptors (Lipinski definition) is 6. The van der Waals surface area contributed by atoms with Crippen LogP contribution in [0.4, 0.5) is 30.6 Å². The van der Waals surface area contributed by atoms with Crippen LogP contribution >= 0.6 is 0 Å². The Bertz CT molecular complexity index is 1250. The van der Waals surface area contributed by atoms with Gasteiger partial charge in [-0.15, -0.1) is 0 Å². The number of alkyl halides is 3. The van der Waals surface area contributed by atoms with E-state index in [1.54, 1.807) is 0 Å². The minimum absolute atomic E-state index is 0.00200. The maximum Gasteiger partial charge on any atom is 0.417 e. The van der Waals surface area contributed by atoms with E-state index in [-0.39, 0.29) is 6.17 Å². The molecule has 37 heavy (non-hydrogen) atoms. The van der Waals surface area contributed by atoms with Gasteiger partial charge in [0.05, 0.1) is 24.5 Å².